The minimum absolute atomic E-state index is 0.0363. The summed E-state index contributed by atoms with van der Waals surface area (Å²) in [5, 5.41) is 40.5. The number of aliphatic hydroxyl groups is 3. The molecule has 0 radical (unpaired) electrons. The molecule has 4 atom stereocenters. The number of hydrogen-bond acceptors (Lipinski definition) is 5. The van der Waals surface area contributed by atoms with E-state index in [-0.39, 0.29) is 12.8 Å². The van der Waals surface area contributed by atoms with Crippen LogP contribution in [0.2, 0.25) is 0 Å². The van der Waals surface area contributed by atoms with E-state index in [9.17, 15) is 20.1 Å². The first-order valence-corrected chi connectivity index (χ1v) is 8.50. The van der Waals surface area contributed by atoms with Crippen LogP contribution in [0.3, 0.4) is 0 Å². The Morgan fingerprint density at radius 3 is 2.70 bits per heavy atom. The predicted octanol–water partition coefficient (Wildman–Crippen LogP) is 1.78. The maximum atomic E-state index is 11.2. The van der Waals surface area contributed by atoms with Crippen LogP contribution in [-0.4, -0.2) is 44.2 Å². The van der Waals surface area contributed by atoms with Crippen molar-refractivity contribution in [2.75, 3.05) is 0 Å². The highest BCUT2D eigenvalue weighted by atomic mass is 32.1. The van der Waals surface area contributed by atoms with Crippen LogP contribution in [0, 0.1) is 5.92 Å². The number of carboxylic acid groups (broad SMARTS) is 1. The molecule has 2 aromatic rings. The monoisotopic (exact) mass is 336 g/mol. The third kappa shape index (κ3) is 3.26. The van der Waals surface area contributed by atoms with E-state index in [0.29, 0.717) is 12.8 Å². The number of hydrogen-bond donors (Lipinski definition) is 4. The summed E-state index contributed by atoms with van der Waals surface area (Å²) in [6, 6.07) is 10.1. The lowest BCUT2D eigenvalue weighted by Gasteiger charge is -2.40. The van der Waals surface area contributed by atoms with E-state index in [4.69, 9.17) is 5.11 Å². The van der Waals surface area contributed by atoms with Gasteiger partial charge in [-0.2, -0.15) is 0 Å². The molecule has 0 spiro atoms. The largest absolute Gasteiger partial charge is 0.479 e. The number of thiophene rings is 1. The number of carboxylic acids is 1. The van der Waals surface area contributed by atoms with Crippen LogP contribution < -0.4 is 0 Å². The van der Waals surface area contributed by atoms with Gasteiger partial charge < -0.3 is 20.4 Å². The smallest absolute Gasteiger partial charge is 0.335 e. The fraction of sp³-hybridized carbons (Fsp3) is 0.471. The lowest BCUT2D eigenvalue weighted by atomic mass is 9.73. The van der Waals surface area contributed by atoms with Crippen molar-refractivity contribution in [3.63, 3.8) is 0 Å². The van der Waals surface area contributed by atoms with Crippen LogP contribution in [0.5, 0.6) is 0 Å². The topological polar surface area (TPSA) is 98.0 Å². The summed E-state index contributed by atoms with van der Waals surface area (Å²) in [5.41, 5.74) is -1.95. The van der Waals surface area contributed by atoms with Gasteiger partial charge in [-0.05, 0) is 42.7 Å². The van der Waals surface area contributed by atoms with Crippen molar-refractivity contribution < 1.29 is 25.2 Å². The Morgan fingerprint density at radius 2 is 2.00 bits per heavy atom. The molecule has 1 aliphatic carbocycles. The summed E-state index contributed by atoms with van der Waals surface area (Å²) in [5.74, 6) is -1.78. The highest BCUT2D eigenvalue weighted by Crippen LogP contribution is 2.36. The number of rotatable bonds is 4. The van der Waals surface area contributed by atoms with Gasteiger partial charge in [-0.25, -0.2) is 4.79 Å². The molecule has 0 amide bonds. The Hall–Kier alpha value is -1.47. The molecule has 6 heteroatoms. The molecule has 1 heterocycles. The molecule has 1 fully saturated rings. The van der Waals surface area contributed by atoms with Gasteiger partial charge in [0.1, 0.15) is 0 Å². The van der Waals surface area contributed by atoms with Crippen molar-refractivity contribution in [1.82, 2.24) is 0 Å². The Balaban J connectivity index is 1.71. The van der Waals surface area contributed by atoms with E-state index in [2.05, 4.69) is 6.07 Å². The molecule has 0 saturated heterocycles. The summed E-state index contributed by atoms with van der Waals surface area (Å²) in [6.07, 6.45) is -1.36. The first-order valence-electron chi connectivity index (χ1n) is 7.68. The lowest BCUT2D eigenvalue weighted by Crippen LogP contribution is -2.53. The van der Waals surface area contributed by atoms with E-state index >= 15 is 0 Å². The zero-order valence-electron chi connectivity index (χ0n) is 12.6. The quantitative estimate of drug-likeness (QED) is 0.682. The summed E-state index contributed by atoms with van der Waals surface area (Å²) >= 11 is 1.67. The van der Waals surface area contributed by atoms with Gasteiger partial charge in [0.2, 0.25) is 0 Å². The second-order valence-corrected chi connectivity index (χ2v) is 7.52. The van der Waals surface area contributed by atoms with Crippen LogP contribution in [0.25, 0.3) is 10.1 Å². The van der Waals surface area contributed by atoms with Crippen molar-refractivity contribution >= 4 is 27.4 Å². The molecule has 1 aromatic heterocycles. The summed E-state index contributed by atoms with van der Waals surface area (Å²) in [7, 11) is 0. The summed E-state index contributed by atoms with van der Waals surface area (Å²) in [6.45, 7) is 0. The second-order valence-electron chi connectivity index (χ2n) is 6.35. The number of aryl methyl sites for hydroxylation is 1. The Morgan fingerprint density at radius 1 is 1.26 bits per heavy atom. The minimum Gasteiger partial charge on any atom is -0.479 e. The Bertz CT molecular complexity index is 679. The molecule has 5 nitrogen and oxygen atoms in total. The van der Waals surface area contributed by atoms with Gasteiger partial charge in [-0.1, -0.05) is 18.2 Å². The van der Waals surface area contributed by atoms with E-state index < -0.39 is 29.7 Å². The zero-order valence-corrected chi connectivity index (χ0v) is 13.4. The molecule has 1 aliphatic rings. The summed E-state index contributed by atoms with van der Waals surface area (Å²) in [4.78, 5) is 12.4. The van der Waals surface area contributed by atoms with Gasteiger partial charge in [-0.3, -0.25) is 0 Å². The molecule has 4 N–H and O–H groups in total. The van der Waals surface area contributed by atoms with E-state index in [0.717, 1.165) is 4.88 Å². The number of benzene rings is 1. The maximum absolute atomic E-state index is 11.2. The van der Waals surface area contributed by atoms with Crippen molar-refractivity contribution in [3.8, 4) is 0 Å². The molecular weight excluding hydrogens is 316 g/mol. The van der Waals surface area contributed by atoms with Crippen molar-refractivity contribution in [2.24, 2.45) is 5.92 Å². The van der Waals surface area contributed by atoms with Crippen LogP contribution >= 0.6 is 11.3 Å². The van der Waals surface area contributed by atoms with Crippen LogP contribution in [0.1, 0.15) is 24.1 Å². The van der Waals surface area contributed by atoms with Crippen LogP contribution in [0.15, 0.2) is 30.3 Å². The number of aliphatic carboxylic acids is 1. The third-order valence-electron chi connectivity index (χ3n) is 4.66. The zero-order chi connectivity index (χ0) is 16.6. The summed E-state index contributed by atoms with van der Waals surface area (Å²) < 4.78 is 1.19. The first-order chi connectivity index (χ1) is 10.9. The molecule has 124 valence electrons. The Kier molecular flexibility index (Phi) is 4.42. The molecule has 1 saturated carbocycles. The number of fused-ring (bicyclic) bond motifs is 1. The fourth-order valence-electron chi connectivity index (χ4n) is 3.35. The van der Waals surface area contributed by atoms with Crippen molar-refractivity contribution in [3.05, 3.63) is 35.2 Å². The first kappa shape index (κ1) is 16.4. The Labute approximate surface area is 137 Å². The molecule has 0 bridgehead atoms. The van der Waals surface area contributed by atoms with Gasteiger partial charge in [0.25, 0.3) is 0 Å². The van der Waals surface area contributed by atoms with Crippen LogP contribution in [0.4, 0.5) is 0 Å². The molecule has 3 rings (SSSR count). The number of aliphatic hydroxyl groups excluding tert-OH is 2. The lowest BCUT2D eigenvalue weighted by molar-refractivity contribution is -0.179. The second kappa shape index (κ2) is 6.20. The van der Waals surface area contributed by atoms with Crippen molar-refractivity contribution in [1.29, 1.82) is 0 Å². The third-order valence-corrected chi connectivity index (χ3v) is 5.84. The molecule has 0 aliphatic heterocycles. The van der Waals surface area contributed by atoms with Gasteiger partial charge in [0.15, 0.2) is 5.60 Å². The predicted molar refractivity (Wildman–Crippen MR) is 87.5 cm³/mol. The van der Waals surface area contributed by atoms with E-state index in [1.165, 1.54) is 10.1 Å². The van der Waals surface area contributed by atoms with Crippen molar-refractivity contribution in [2.45, 2.75) is 43.5 Å². The van der Waals surface area contributed by atoms with Gasteiger partial charge in [-0.15, -0.1) is 11.3 Å². The van der Waals surface area contributed by atoms with Gasteiger partial charge >= 0.3 is 5.97 Å². The minimum atomic E-state index is -1.95. The highest BCUT2D eigenvalue weighted by molar-refractivity contribution is 7.19. The SMILES string of the molecule is O=C(O)[C@]1(O)CC(CCc2cc3ccccc3s2)[C@@H](O)[C@H](O)C1. The number of carbonyl (C=O) groups is 1. The standard InChI is InChI=1S/C17H20O5S/c18-13-9-17(22,16(20)21)8-11(15(13)19)5-6-12-7-10-3-1-2-4-14(10)23-12/h1-4,7,11,13,15,18-19,22H,5-6,8-9H2,(H,20,21)/t11?,13-,15-,17+/m1/s1. The highest BCUT2D eigenvalue weighted by Gasteiger charge is 2.48. The normalized spacial score (nSPS) is 31.3. The maximum Gasteiger partial charge on any atom is 0.335 e. The van der Waals surface area contributed by atoms with Gasteiger partial charge in [0.05, 0.1) is 12.2 Å². The fourth-order valence-corrected chi connectivity index (χ4v) is 4.43. The molecular formula is C17H20O5S. The molecule has 23 heavy (non-hydrogen) atoms. The average Bonchev–Trinajstić information content (AvgIpc) is 2.92. The van der Waals surface area contributed by atoms with Gasteiger partial charge in [0, 0.05) is 16.0 Å². The van der Waals surface area contributed by atoms with E-state index in [1.54, 1.807) is 11.3 Å². The molecule has 1 aromatic carbocycles. The van der Waals surface area contributed by atoms with Crippen LogP contribution in [-0.2, 0) is 11.2 Å². The molecule has 1 unspecified atom stereocenters. The van der Waals surface area contributed by atoms with E-state index in [1.807, 2.05) is 24.3 Å². The average molecular weight is 336 g/mol.